The SMILES string of the molecule is COCCCN(C)C(=O)c1cc(NN)nc(C(C)(C)C)c1. The highest BCUT2D eigenvalue weighted by molar-refractivity contribution is 5.94. The van der Waals surface area contributed by atoms with Gasteiger partial charge in [-0.15, -0.1) is 0 Å². The van der Waals surface area contributed by atoms with Crippen LogP contribution in [-0.2, 0) is 10.2 Å². The number of methoxy groups -OCH3 is 1. The van der Waals surface area contributed by atoms with Gasteiger partial charge in [0.25, 0.3) is 5.91 Å². The summed E-state index contributed by atoms with van der Waals surface area (Å²) in [5.74, 6) is 5.90. The molecule has 0 fully saturated rings. The number of rotatable bonds is 6. The molecule has 6 nitrogen and oxygen atoms in total. The van der Waals surface area contributed by atoms with E-state index in [-0.39, 0.29) is 11.3 Å². The summed E-state index contributed by atoms with van der Waals surface area (Å²) in [4.78, 5) is 18.6. The van der Waals surface area contributed by atoms with Crippen LogP contribution in [0.15, 0.2) is 12.1 Å². The summed E-state index contributed by atoms with van der Waals surface area (Å²) in [5, 5.41) is 0. The minimum absolute atomic E-state index is 0.0458. The molecule has 6 heteroatoms. The molecule has 1 heterocycles. The fourth-order valence-electron chi connectivity index (χ4n) is 1.88. The molecule has 118 valence electrons. The van der Waals surface area contributed by atoms with Gasteiger partial charge in [-0.1, -0.05) is 20.8 Å². The summed E-state index contributed by atoms with van der Waals surface area (Å²) >= 11 is 0. The molecule has 0 aliphatic heterocycles. The van der Waals surface area contributed by atoms with Crippen molar-refractivity contribution in [1.29, 1.82) is 0 Å². The molecule has 0 atom stereocenters. The van der Waals surface area contributed by atoms with Crippen LogP contribution in [0.25, 0.3) is 0 Å². The average Bonchev–Trinajstić information content (AvgIpc) is 2.45. The zero-order valence-corrected chi connectivity index (χ0v) is 13.6. The minimum atomic E-state index is -0.156. The normalized spacial score (nSPS) is 11.3. The van der Waals surface area contributed by atoms with Crippen LogP contribution in [0, 0.1) is 0 Å². The topological polar surface area (TPSA) is 80.5 Å². The quantitative estimate of drug-likeness (QED) is 0.475. The van der Waals surface area contributed by atoms with E-state index < -0.39 is 0 Å². The van der Waals surface area contributed by atoms with Gasteiger partial charge in [0.2, 0.25) is 0 Å². The highest BCUT2D eigenvalue weighted by Gasteiger charge is 2.20. The maximum Gasteiger partial charge on any atom is 0.253 e. The van der Waals surface area contributed by atoms with Crippen molar-refractivity contribution in [1.82, 2.24) is 9.88 Å². The molecular weight excluding hydrogens is 268 g/mol. The molecule has 0 aliphatic carbocycles. The lowest BCUT2D eigenvalue weighted by atomic mass is 9.90. The predicted octanol–water partition coefficient (Wildman–Crippen LogP) is 1.77. The van der Waals surface area contributed by atoms with E-state index in [2.05, 4.69) is 10.4 Å². The Balaban J connectivity index is 2.98. The monoisotopic (exact) mass is 294 g/mol. The van der Waals surface area contributed by atoms with Crippen LogP contribution in [0.3, 0.4) is 0 Å². The maximum atomic E-state index is 12.5. The number of nitrogens with one attached hydrogen (secondary N) is 1. The maximum absolute atomic E-state index is 12.5. The number of carbonyl (C=O) groups excluding carboxylic acids is 1. The number of carbonyl (C=O) groups is 1. The number of nitrogens with two attached hydrogens (primary N) is 1. The second-order valence-electron chi connectivity index (χ2n) is 6.09. The van der Waals surface area contributed by atoms with Crippen molar-refractivity contribution in [3.8, 4) is 0 Å². The number of nitrogens with zero attached hydrogens (tertiary/aromatic N) is 2. The van der Waals surface area contributed by atoms with E-state index in [1.165, 1.54) is 0 Å². The van der Waals surface area contributed by atoms with Crippen LogP contribution in [0.4, 0.5) is 5.82 Å². The Morgan fingerprint density at radius 3 is 2.62 bits per heavy atom. The molecule has 1 aromatic rings. The summed E-state index contributed by atoms with van der Waals surface area (Å²) in [7, 11) is 3.43. The number of hydrogen-bond donors (Lipinski definition) is 2. The molecular formula is C15H26N4O2. The Kier molecular flexibility index (Phi) is 6.11. The van der Waals surface area contributed by atoms with Crippen LogP contribution in [0.1, 0.15) is 43.2 Å². The predicted molar refractivity (Wildman–Crippen MR) is 84.2 cm³/mol. The number of hydrazine groups is 1. The number of nitrogen functional groups attached to an aromatic ring is 1. The van der Waals surface area contributed by atoms with Gasteiger partial charge < -0.3 is 15.1 Å². The zero-order valence-electron chi connectivity index (χ0n) is 13.6. The number of anilines is 1. The van der Waals surface area contributed by atoms with E-state index in [9.17, 15) is 4.79 Å². The summed E-state index contributed by atoms with van der Waals surface area (Å²) in [5.41, 5.74) is 3.78. The van der Waals surface area contributed by atoms with Crippen LogP contribution in [0.2, 0.25) is 0 Å². The summed E-state index contributed by atoms with van der Waals surface area (Å²) in [6, 6.07) is 3.50. The van der Waals surface area contributed by atoms with Crippen LogP contribution >= 0.6 is 0 Å². The fourth-order valence-corrected chi connectivity index (χ4v) is 1.88. The second-order valence-corrected chi connectivity index (χ2v) is 6.09. The van der Waals surface area contributed by atoms with Gasteiger partial charge >= 0.3 is 0 Å². The first-order chi connectivity index (χ1) is 9.79. The van der Waals surface area contributed by atoms with E-state index in [1.54, 1.807) is 25.1 Å². The molecule has 21 heavy (non-hydrogen) atoms. The third-order valence-electron chi connectivity index (χ3n) is 3.18. The summed E-state index contributed by atoms with van der Waals surface area (Å²) in [6.45, 7) is 7.42. The third kappa shape index (κ3) is 4.99. The standard InChI is InChI=1S/C15H26N4O2/c1-15(2,3)12-9-11(10-13(17-12)18-16)14(20)19(4)7-6-8-21-5/h9-10H,6-8,16H2,1-5H3,(H,17,18). The van der Waals surface area contributed by atoms with Crippen LogP contribution < -0.4 is 11.3 Å². The smallest absolute Gasteiger partial charge is 0.253 e. The molecule has 1 amide bonds. The first-order valence-electron chi connectivity index (χ1n) is 7.03. The first-order valence-corrected chi connectivity index (χ1v) is 7.03. The highest BCUT2D eigenvalue weighted by atomic mass is 16.5. The Labute approximate surface area is 126 Å². The van der Waals surface area contributed by atoms with Crippen molar-refractivity contribution in [3.05, 3.63) is 23.4 Å². The Morgan fingerprint density at radius 2 is 2.10 bits per heavy atom. The molecule has 0 aliphatic rings. The van der Waals surface area contributed by atoms with Gasteiger partial charge in [-0.2, -0.15) is 0 Å². The lowest BCUT2D eigenvalue weighted by molar-refractivity contribution is 0.0779. The van der Waals surface area contributed by atoms with E-state index in [0.717, 1.165) is 12.1 Å². The Hall–Kier alpha value is -1.66. The van der Waals surface area contributed by atoms with Crippen molar-refractivity contribution in [2.75, 3.05) is 32.7 Å². The van der Waals surface area contributed by atoms with Gasteiger partial charge in [-0.3, -0.25) is 4.79 Å². The highest BCUT2D eigenvalue weighted by Crippen LogP contribution is 2.23. The van der Waals surface area contributed by atoms with Gasteiger partial charge in [-0.25, -0.2) is 10.8 Å². The summed E-state index contributed by atoms with van der Waals surface area (Å²) in [6.07, 6.45) is 0.804. The van der Waals surface area contributed by atoms with E-state index in [1.807, 2.05) is 26.8 Å². The molecule has 0 unspecified atom stereocenters. The summed E-state index contributed by atoms with van der Waals surface area (Å²) < 4.78 is 5.00. The first kappa shape index (κ1) is 17.4. The van der Waals surface area contributed by atoms with Gasteiger partial charge in [0.1, 0.15) is 5.82 Å². The molecule has 0 saturated carbocycles. The second kappa shape index (κ2) is 7.38. The number of aromatic nitrogens is 1. The van der Waals surface area contributed by atoms with Crippen LogP contribution in [0.5, 0.6) is 0 Å². The van der Waals surface area contributed by atoms with Crippen molar-refractivity contribution < 1.29 is 9.53 Å². The fraction of sp³-hybridized carbons (Fsp3) is 0.600. The largest absolute Gasteiger partial charge is 0.385 e. The van der Waals surface area contributed by atoms with Gasteiger partial charge in [0, 0.05) is 44.0 Å². The molecule has 0 bridgehead atoms. The third-order valence-corrected chi connectivity index (χ3v) is 3.18. The molecule has 1 rings (SSSR count). The van der Waals surface area contributed by atoms with E-state index in [4.69, 9.17) is 10.6 Å². The molecule has 0 aromatic carbocycles. The molecule has 0 radical (unpaired) electrons. The van der Waals surface area contributed by atoms with Crippen molar-refractivity contribution in [2.24, 2.45) is 5.84 Å². The Morgan fingerprint density at radius 1 is 1.43 bits per heavy atom. The Bertz CT molecular complexity index is 483. The number of ether oxygens (including phenoxy) is 1. The minimum Gasteiger partial charge on any atom is -0.385 e. The van der Waals surface area contributed by atoms with Crippen molar-refractivity contribution >= 4 is 11.7 Å². The van der Waals surface area contributed by atoms with Gasteiger partial charge in [-0.05, 0) is 18.6 Å². The van der Waals surface area contributed by atoms with E-state index in [0.29, 0.717) is 24.5 Å². The van der Waals surface area contributed by atoms with Crippen molar-refractivity contribution in [2.45, 2.75) is 32.6 Å². The van der Waals surface area contributed by atoms with Gasteiger partial charge in [0.15, 0.2) is 0 Å². The number of pyridine rings is 1. The van der Waals surface area contributed by atoms with Crippen LogP contribution in [-0.4, -0.2) is 43.1 Å². The van der Waals surface area contributed by atoms with Gasteiger partial charge in [0.05, 0.1) is 0 Å². The lowest BCUT2D eigenvalue weighted by Crippen LogP contribution is -2.29. The van der Waals surface area contributed by atoms with E-state index >= 15 is 0 Å². The molecule has 1 aromatic heterocycles. The number of hydrogen-bond acceptors (Lipinski definition) is 5. The average molecular weight is 294 g/mol. The number of amides is 1. The molecule has 0 saturated heterocycles. The lowest BCUT2D eigenvalue weighted by Gasteiger charge is -2.22. The molecule has 0 spiro atoms. The van der Waals surface area contributed by atoms with Crippen molar-refractivity contribution in [3.63, 3.8) is 0 Å². The zero-order chi connectivity index (χ0) is 16.0. The molecule has 3 N–H and O–H groups in total.